The molecule has 0 spiro atoms. The van der Waals surface area contributed by atoms with Crippen LogP contribution in [0.2, 0.25) is 0 Å². The summed E-state index contributed by atoms with van der Waals surface area (Å²) >= 11 is 0. The van der Waals surface area contributed by atoms with E-state index in [1.165, 1.54) is 0 Å². The molecule has 6 nitrogen and oxygen atoms in total. The zero-order valence-electron chi connectivity index (χ0n) is 17.2. The van der Waals surface area contributed by atoms with Gasteiger partial charge in [-0.2, -0.15) is 0 Å². The van der Waals surface area contributed by atoms with Gasteiger partial charge in [0.1, 0.15) is 5.75 Å². The van der Waals surface area contributed by atoms with Crippen molar-refractivity contribution in [1.82, 2.24) is 10.5 Å². The Morgan fingerprint density at radius 1 is 1.10 bits per heavy atom. The Kier molecular flexibility index (Phi) is 6.79. The molecule has 2 heterocycles. The molecule has 1 aliphatic rings. The number of benzene rings is 2. The molecule has 3 aromatic rings. The van der Waals surface area contributed by atoms with Gasteiger partial charge in [0.05, 0.1) is 31.1 Å². The first-order valence-electron chi connectivity index (χ1n) is 10.4. The van der Waals surface area contributed by atoms with E-state index in [1.807, 2.05) is 60.7 Å². The highest BCUT2D eigenvalue weighted by atomic mass is 16.5. The Labute approximate surface area is 176 Å². The maximum absolute atomic E-state index is 10.4. The lowest BCUT2D eigenvalue weighted by Gasteiger charge is -2.34. The molecule has 1 fully saturated rings. The predicted octanol–water partition coefficient (Wildman–Crippen LogP) is 3.59. The van der Waals surface area contributed by atoms with E-state index in [0.717, 1.165) is 41.2 Å². The fourth-order valence-electron chi connectivity index (χ4n) is 3.80. The van der Waals surface area contributed by atoms with E-state index in [-0.39, 0.29) is 12.2 Å². The van der Waals surface area contributed by atoms with Crippen LogP contribution in [0.4, 0.5) is 0 Å². The van der Waals surface area contributed by atoms with E-state index >= 15 is 0 Å². The fourth-order valence-corrected chi connectivity index (χ4v) is 3.80. The van der Waals surface area contributed by atoms with E-state index in [0.29, 0.717) is 19.5 Å². The van der Waals surface area contributed by atoms with Gasteiger partial charge in [0.15, 0.2) is 5.76 Å². The summed E-state index contributed by atoms with van der Waals surface area (Å²) in [6.07, 6.45) is 1.52. The minimum absolute atomic E-state index is 0.0192. The molecule has 158 valence electrons. The van der Waals surface area contributed by atoms with Gasteiger partial charge in [-0.1, -0.05) is 47.6 Å². The van der Waals surface area contributed by atoms with Crippen LogP contribution in [0.3, 0.4) is 0 Å². The Hall–Kier alpha value is -2.67. The number of ether oxygens (including phenoxy) is 2. The minimum atomic E-state index is -0.462. The van der Waals surface area contributed by atoms with Crippen LogP contribution in [-0.2, 0) is 17.7 Å². The zero-order chi connectivity index (χ0) is 20.8. The minimum Gasteiger partial charge on any atom is -0.497 e. The number of methoxy groups -OCH3 is 1. The van der Waals surface area contributed by atoms with Gasteiger partial charge in [-0.15, -0.1) is 0 Å². The molecule has 2 aromatic carbocycles. The monoisotopic (exact) mass is 408 g/mol. The Morgan fingerprint density at radius 3 is 2.80 bits per heavy atom. The first kappa shape index (κ1) is 20.6. The molecule has 4 rings (SSSR count). The van der Waals surface area contributed by atoms with Gasteiger partial charge >= 0.3 is 0 Å². The lowest BCUT2D eigenvalue weighted by molar-refractivity contribution is -0.115. The number of aliphatic hydroxyl groups is 1. The van der Waals surface area contributed by atoms with Crippen molar-refractivity contribution in [3.8, 4) is 17.1 Å². The highest BCUT2D eigenvalue weighted by Crippen LogP contribution is 2.25. The van der Waals surface area contributed by atoms with Crippen molar-refractivity contribution in [2.45, 2.75) is 44.1 Å². The summed E-state index contributed by atoms with van der Waals surface area (Å²) in [5.74, 6) is 1.60. The molecule has 0 saturated carbocycles. The molecular formula is C24H28N2O4. The Morgan fingerprint density at radius 2 is 1.97 bits per heavy atom. The molecule has 2 N–H and O–H groups in total. The largest absolute Gasteiger partial charge is 0.497 e. The maximum Gasteiger partial charge on any atom is 0.167 e. The van der Waals surface area contributed by atoms with Crippen LogP contribution in [-0.4, -0.2) is 42.2 Å². The summed E-state index contributed by atoms with van der Waals surface area (Å²) in [5.41, 5.74) is 3.02. The van der Waals surface area contributed by atoms with E-state index in [9.17, 15) is 5.11 Å². The van der Waals surface area contributed by atoms with Crippen LogP contribution in [0.15, 0.2) is 65.2 Å². The highest BCUT2D eigenvalue weighted by Gasteiger charge is 2.30. The highest BCUT2D eigenvalue weighted by molar-refractivity contribution is 5.56. The fraction of sp³-hybridized carbons (Fsp3) is 0.375. The van der Waals surface area contributed by atoms with Gasteiger partial charge in [0.2, 0.25) is 0 Å². The third kappa shape index (κ3) is 5.27. The molecule has 1 saturated heterocycles. The predicted molar refractivity (Wildman–Crippen MR) is 114 cm³/mol. The number of aliphatic hydroxyl groups excluding tert-OH is 1. The standard InChI is InChI=1S/C24H28N2O4/c1-28-20-9-5-6-17(12-20)15-25-16-24-22(27)11-10-21(29-24)13-19-14-23(30-26-19)18-7-3-2-4-8-18/h2-9,12,14,21-22,24-25,27H,10-11,13,15-16H2,1H3/t21-,22-,24+/m0/s1. The molecule has 0 amide bonds. The summed E-state index contributed by atoms with van der Waals surface area (Å²) in [6, 6.07) is 19.9. The van der Waals surface area contributed by atoms with E-state index in [2.05, 4.69) is 10.5 Å². The average molecular weight is 408 g/mol. The number of nitrogens with zero attached hydrogens (tertiary/aromatic N) is 1. The Balaban J connectivity index is 1.29. The summed E-state index contributed by atoms with van der Waals surface area (Å²) in [5, 5.41) is 18.0. The number of hydrogen-bond acceptors (Lipinski definition) is 6. The second-order valence-corrected chi connectivity index (χ2v) is 7.68. The molecule has 6 heteroatoms. The maximum atomic E-state index is 10.4. The third-order valence-corrected chi connectivity index (χ3v) is 5.44. The molecular weight excluding hydrogens is 380 g/mol. The molecule has 0 bridgehead atoms. The molecule has 1 aromatic heterocycles. The van der Waals surface area contributed by atoms with Crippen LogP contribution < -0.4 is 10.1 Å². The number of hydrogen-bond donors (Lipinski definition) is 2. The van der Waals surface area contributed by atoms with Crippen molar-refractivity contribution in [3.05, 3.63) is 71.9 Å². The molecule has 0 radical (unpaired) electrons. The number of rotatable bonds is 8. The van der Waals surface area contributed by atoms with Crippen molar-refractivity contribution in [3.63, 3.8) is 0 Å². The number of aromatic nitrogens is 1. The average Bonchev–Trinajstić information content (AvgIpc) is 3.25. The van der Waals surface area contributed by atoms with Crippen LogP contribution in [0.25, 0.3) is 11.3 Å². The zero-order valence-corrected chi connectivity index (χ0v) is 17.2. The van der Waals surface area contributed by atoms with Gasteiger partial charge < -0.3 is 24.4 Å². The molecule has 1 aliphatic heterocycles. The van der Waals surface area contributed by atoms with Gasteiger partial charge in [-0.05, 0) is 30.5 Å². The second kappa shape index (κ2) is 9.89. The van der Waals surface area contributed by atoms with Gasteiger partial charge in [-0.25, -0.2) is 0 Å². The molecule has 0 unspecified atom stereocenters. The normalized spacial score (nSPS) is 21.5. The molecule has 3 atom stereocenters. The topological polar surface area (TPSA) is 76.8 Å². The van der Waals surface area contributed by atoms with Crippen LogP contribution >= 0.6 is 0 Å². The lowest BCUT2D eigenvalue weighted by atomic mass is 9.98. The smallest absolute Gasteiger partial charge is 0.167 e. The van der Waals surface area contributed by atoms with Crippen LogP contribution in [0.1, 0.15) is 24.1 Å². The van der Waals surface area contributed by atoms with Crippen molar-refractivity contribution in [2.24, 2.45) is 0 Å². The van der Waals surface area contributed by atoms with Crippen molar-refractivity contribution < 1.29 is 19.1 Å². The first-order chi connectivity index (χ1) is 14.7. The second-order valence-electron chi connectivity index (χ2n) is 7.68. The van der Waals surface area contributed by atoms with Gasteiger partial charge in [0, 0.05) is 31.1 Å². The van der Waals surface area contributed by atoms with E-state index in [1.54, 1.807) is 7.11 Å². The molecule has 0 aliphatic carbocycles. The van der Waals surface area contributed by atoms with Crippen LogP contribution in [0.5, 0.6) is 5.75 Å². The van der Waals surface area contributed by atoms with Crippen molar-refractivity contribution >= 4 is 0 Å². The Bertz CT molecular complexity index is 928. The lowest BCUT2D eigenvalue weighted by Crippen LogP contribution is -2.45. The summed E-state index contributed by atoms with van der Waals surface area (Å²) < 4.78 is 16.9. The third-order valence-electron chi connectivity index (χ3n) is 5.44. The van der Waals surface area contributed by atoms with Crippen LogP contribution in [0, 0.1) is 0 Å². The summed E-state index contributed by atoms with van der Waals surface area (Å²) in [4.78, 5) is 0. The van der Waals surface area contributed by atoms with Crippen molar-refractivity contribution in [2.75, 3.05) is 13.7 Å². The van der Waals surface area contributed by atoms with Crippen molar-refractivity contribution in [1.29, 1.82) is 0 Å². The SMILES string of the molecule is COc1cccc(CNC[C@H]2O[C@H](Cc3cc(-c4ccccc4)on3)CC[C@@H]2O)c1. The molecule has 30 heavy (non-hydrogen) atoms. The first-order valence-corrected chi connectivity index (χ1v) is 10.4. The summed E-state index contributed by atoms with van der Waals surface area (Å²) in [6.45, 7) is 1.28. The van der Waals surface area contributed by atoms with E-state index in [4.69, 9.17) is 14.0 Å². The quantitative estimate of drug-likeness (QED) is 0.593. The van der Waals surface area contributed by atoms with Gasteiger partial charge in [-0.3, -0.25) is 0 Å². The van der Waals surface area contributed by atoms with Gasteiger partial charge in [0.25, 0.3) is 0 Å². The number of nitrogens with one attached hydrogen (secondary N) is 1. The van der Waals surface area contributed by atoms with E-state index < -0.39 is 6.10 Å². The summed E-state index contributed by atoms with van der Waals surface area (Å²) in [7, 11) is 1.66.